The monoisotopic (exact) mass is 241 g/mol. The van der Waals surface area contributed by atoms with Crippen LogP contribution in [0.1, 0.15) is 19.4 Å². The van der Waals surface area contributed by atoms with Crippen molar-refractivity contribution in [1.82, 2.24) is 0 Å². The highest BCUT2D eigenvalue weighted by molar-refractivity contribution is 8.01. The summed E-state index contributed by atoms with van der Waals surface area (Å²) in [5.41, 5.74) is 1.97. The second-order valence-electron chi connectivity index (χ2n) is 4.03. The average Bonchev–Trinajstić information content (AvgIpc) is 2.18. The maximum Gasteiger partial charge on any atom is 0.240 e. The van der Waals surface area contributed by atoms with E-state index in [9.17, 15) is 4.79 Å². The Hall–Kier alpha value is -0.670. The Morgan fingerprint density at radius 1 is 1.47 bits per heavy atom. The molecule has 0 bridgehead atoms. The third-order valence-corrected chi connectivity index (χ3v) is 3.92. The number of amides is 1. The van der Waals surface area contributed by atoms with Gasteiger partial charge in [-0.25, -0.2) is 0 Å². The number of benzene rings is 1. The second kappa shape index (κ2) is 3.72. The van der Waals surface area contributed by atoms with Gasteiger partial charge in [-0.3, -0.25) is 4.79 Å². The van der Waals surface area contributed by atoms with E-state index in [1.165, 1.54) is 0 Å². The fraction of sp³-hybridized carbons (Fsp3) is 0.364. The smallest absolute Gasteiger partial charge is 0.240 e. The summed E-state index contributed by atoms with van der Waals surface area (Å²) in [4.78, 5) is 12.8. The number of hydrogen-bond donors (Lipinski definition) is 1. The molecule has 2 nitrogen and oxygen atoms in total. The van der Waals surface area contributed by atoms with Crippen LogP contribution in [-0.2, 0) is 10.7 Å². The van der Waals surface area contributed by atoms with Crippen LogP contribution in [0.2, 0.25) is 0 Å². The van der Waals surface area contributed by atoms with E-state index in [4.69, 9.17) is 11.6 Å². The lowest BCUT2D eigenvalue weighted by atomic mass is 10.1. The maximum absolute atomic E-state index is 11.7. The lowest BCUT2D eigenvalue weighted by molar-refractivity contribution is -0.117. The molecule has 0 atom stereocenters. The number of thioether (sulfide) groups is 1. The number of halogens is 1. The molecule has 0 aromatic heterocycles. The summed E-state index contributed by atoms with van der Waals surface area (Å²) in [7, 11) is 0. The topological polar surface area (TPSA) is 29.1 Å². The van der Waals surface area contributed by atoms with E-state index in [-0.39, 0.29) is 5.91 Å². The molecule has 15 heavy (non-hydrogen) atoms. The number of alkyl halides is 1. The Bertz CT molecular complexity index is 417. The zero-order chi connectivity index (χ0) is 11.1. The Morgan fingerprint density at radius 2 is 2.20 bits per heavy atom. The predicted molar refractivity (Wildman–Crippen MR) is 64.6 cm³/mol. The molecule has 0 saturated carbocycles. The van der Waals surface area contributed by atoms with Gasteiger partial charge in [-0.2, -0.15) is 0 Å². The molecule has 1 N–H and O–H groups in total. The highest BCUT2D eigenvalue weighted by Crippen LogP contribution is 2.42. The largest absolute Gasteiger partial charge is 0.324 e. The maximum atomic E-state index is 11.7. The second-order valence-corrected chi connectivity index (χ2v) is 5.96. The lowest BCUT2D eigenvalue weighted by Gasteiger charge is -2.29. The van der Waals surface area contributed by atoms with Crippen LogP contribution in [-0.4, -0.2) is 10.7 Å². The summed E-state index contributed by atoms with van der Waals surface area (Å²) in [6.45, 7) is 3.84. The van der Waals surface area contributed by atoms with Crippen LogP contribution < -0.4 is 5.32 Å². The van der Waals surface area contributed by atoms with Gasteiger partial charge in [-0.1, -0.05) is 6.07 Å². The number of carbonyl (C=O) groups excluding carboxylic acids is 1. The molecule has 1 heterocycles. The number of rotatable bonds is 1. The van der Waals surface area contributed by atoms with Gasteiger partial charge in [-0.05, 0) is 31.5 Å². The fourth-order valence-corrected chi connectivity index (χ4v) is 2.73. The molecule has 0 unspecified atom stereocenters. The molecule has 1 aromatic carbocycles. The van der Waals surface area contributed by atoms with Gasteiger partial charge in [0.2, 0.25) is 5.91 Å². The molecule has 80 valence electrons. The van der Waals surface area contributed by atoms with Crippen molar-refractivity contribution < 1.29 is 4.79 Å². The molecule has 1 amide bonds. The Morgan fingerprint density at radius 3 is 2.87 bits per heavy atom. The Balaban J connectivity index is 2.42. The van der Waals surface area contributed by atoms with Crippen molar-refractivity contribution in [2.24, 2.45) is 0 Å². The molecular weight excluding hydrogens is 230 g/mol. The van der Waals surface area contributed by atoms with E-state index >= 15 is 0 Å². The fourth-order valence-electron chi connectivity index (χ4n) is 1.43. The lowest BCUT2D eigenvalue weighted by Crippen LogP contribution is -2.37. The minimum absolute atomic E-state index is 0.0543. The number of fused-ring (bicyclic) bond motifs is 1. The Kier molecular flexibility index (Phi) is 2.69. The van der Waals surface area contributed by atoms with E-state index < -0.39 is 4.75 Å². The van der Waals surface area contributed by atoms with Crippen LogP contribution in [0.5, 0.6) is 0 Å². The highest BCUT2D eigenvalue weighted by Gasteiger charge is 2.34. The van der Waals surface area contributed by atoms with Crippen LogP contribution in [0.25, 0.3) is 0 Å². The molecule has 0 spiro atoms. The van der Waals surface area contributed by atoms with Gasteiger partial charge in [0.25, 0.3) is 0 Å². The van der Waals surface area contributed by atoms with Crippen LogP contribution in [0.3, 0.4) is 0 Å². The van der Waals surface area contributed by atoms with E-state index in [2.05, 4.69) is 5.32 Å². The van der Waals surface area contributed by atoms with E-state index in [1.54, 1.807) is 11.8 Å². The molecule has 1 aliphatic heterocycles. The summed E-state index contributed by atoms with van der Waals surface area (Å²) in [5, 5.41) is 2.90. The van der Waals surface area contributed by atoms with Crippen LogP contribution in [0.15, 0.2) is 23.1 Å². The van der Waals surface area contributed by atoms with Gasteiger partial charge in [0, 0.05) is 10.8 Å². The summed E-state index contributed by atoms with van der Waals surface area (Å²) in [6.07, 6.45) is 0. The van der Waals surface area contributed by atoms with Gasteiger partial charge in [0.15, 0.2) is 0 Å². The average molecular weight is 242 g/mol. The predicted octanol–water partition coefficient (Wildman–Crippen LogP) is 3.25. The molecule has 0 radical (unpaired) electrons. The quantitative estimate of drug-likeness (QED) is 0.765. The molecule has 0 fully saturated rings. The number of anilines is 1. The highest BCUT2D eigenvalue weighted by atomic mass is 35.5. The minimum Gasteiger partial charge on any atom is -0.324 e. The summed E-state index contributed by atoms with van der Waals surface area (Å²) in [6, 6.07) is 5.88. The van der Waals surface area contributed by atoms with Crippen molar-refractivity contribution >= 4 is 35.0 Å². The number of carbonyl (C=O) groups is 1. The van der Waals surface area contributed by atoms with Crippen LogP contribution in [0.4, 0.5) is 5.69 Å². The first-order chi connectivity index (χ1) is 7.03. The molecule has 4 heteroatoms. The van der Waals surface area contributed by atoms with E-state index in [0.29, 0.717) is 5.88 Å². The summed E-state index contributed by atoms with van der Waals surface area (Å²) >= 11 is 7.35. The zero-order valence-electron chi connectivity index (χ0n) is 8.63. The first kappa shape index (κ1) is 10.8. The summed E-state index contributed by atoms with van der Waals surface area (Å²) < 4.78 is -0.405. The van der Waals surface area contributed by atoms with Crippen molar-refractivity contribution in [1.29, 1.82) is 0 Å². The van der Waals surface area contributed by atoms with Crippen molar-refractivity contribution in [2.45, 2.75) is 29.4 Å². The standard InChI is InChI=1S/C11H12ClNOS/c1-11(2)10(14)13-8-4-3-7(6-12)5-9(8)15-11/h3-5H,6H2,1-2H3,(H,13,14). The number of hydrogen-bond acceptors (Lipinski definition) is 2. The zero-order valence-corrected chi connectivity index (χ0v) is 10.2. The Labute approximate surface area is 98.4 Å². The first-order valence-corrected chi connectivity index (χ1v) is 6.07. The van der Waals surface area contributed by atoms with Gasteiger partial charge in [0.1, 0.15) is 0 Å². The van der Waals surface area contributed by atoms with Crippen LogP contribution >= 0.6 is 23.4 Å². The van der Waals surface area contributed by atoms with Gasteiger partial charge in [0.05, 0.1) is 10.4 Å². The molecule has 2 rings (SSSR count). The van der Waals surface area contributed by atoms with E-state index in [1.807, 2.05) is 32.0 Å². The van der Waals surface area contributed by atoms with Gasteiger partial charge in [-0.15, -0.1) is 23.4 Å². The van der Waals surface area contributed by atoms with Crippen molar-refractivity contribution in [3.05, 3.63) is 23.8 Å². The number of nitrogens with one attached hydrogen (secondary N) is 1. The van der Waals surface area contributed by atoms with E-state index in [0.717, 1.165) is 16.1 Å². The minimum atomic E-state index is -0.405. The van der Waals surface area contributed by atoms with Gasteiger partial charge >= 0.3 is 0 Å². The van der Waals surface area contributed by atoms with Crippen molar-refractivity contribution in [2.75, 3.05) is 5.32 Å². The third-order valence-electron chi connectivity index (χ3n) is 2.36. The summed E-state index contributed by atoms with van der Waals surface area (Å²) in [5.74, 6) is 0.556. The molecule has 0 saturated heterocycles. The van der Waals surface area contributed by atoms with Crippen molar-refractivity contribution in [3.8, 4) is 0 Å². The third kappa shape index (κ3) is 1.99. The SMILES string of the molecule is CC1(C)Sc2cc(CCl)ccc2NC1=O. The molecule has 1 aliphatic rings. The molecule has 0 aliphatic carbocycles. The van der Waals surface area contributed by atoms with Crippen LogP contribution in [0, 0.1) is 0 Å². The molecular formula is C11H12ClNOS. The first-order valence-electron chi connectivity index (χ1n) is 4.72. The molecule has 1 aromatic rings. The van der Waals surface area contributed by atoms with Gasteiger partial charge < -0.3 is 5.32 Å². The van der Waals surface area contributed by atoms with Crippen molar-refractivity contribution in [3.63, 3.8) is 0 Å². The normalized spacial score (nSPS) is 18.2.